The Hall–Kier alpha value is -3.85. The van der Waals surface area contributed by atoms with Crippen LogP contribution in [0.15, 0.2) is 84.9 Å². The van der Waals surface area contributed by atoms with Crippen LogP contribution >= 0.6 is 11.6 Å². The maximum Gasteiger partial charge on any atom is 0.416 e. The van der Waals surface area contributed by atoms with Gasteiger partial charge in [0.25, 0.3) is 0 Å². The van der Waals surface area contributed by atoms with Gasteiger partial charge in [0.1, 0.15) is 11.4 Å². The maximum absolute atomic E-state index is 14.3. The SMILES string of the molecule is CCCCOC(=O)C1CC(C(=O)NC(c2ccccc2)c2ccccc2)(N(Cc2ccc(C(F)(F)F)cc2)C(=O)CCl)C1. The Balaban J connectivity index is 1.68. The molecule has 1 aliphatic carbocycles. The number of ether oxygens (including phenoxy) is 1. The highest BCUT2D eigenvalue weighted by molar-refractivity contribution is 6.27. The van der Waals surface area contributed by atoms with Gasteiger partial charge in [-0.2, -0.15) is 13.2 Å². The molecular weight excluding hydrogens is 581 g/mol. The molecule has 10 heteroatoms. The van der Waals surface area contributed by atoms with Gasteiger partial charge in [-0.25, -0.2) is 0 Å². The van der Waals surface area contributed by atoms with E-state index in [-0.39, 0.29) is 26.0 Å². The third-order valence-electron chi connectivity index (χ3n) is 7.76. The minimum Gasteiger partial charge on any atom is -0.465 e. The highest BCUT2D eigenvalue weighted by atomic mass is 35.5. The zero-order valence-electron chi connectivity index (χ0n) is 23.8. The summed E-state index contributed by atoms with van der Waals surface area (Å²) < 4.78 is 44.9. The van der Waals surface area contributed by atoms with Crippen LogP contribution in [0.1, 0.15) is 60.9 Å². The topological polar surface area (TPSA) is 75.7 Å². The molecule has 3 aromatic carbocycles. The Morgan fingerprint density at radius 1 is 0.953 bits per heavy atom. The Labute approximate surface area is 254 Å². The average molecular weight is 615 g/mol. The molecule has 0 heterocycles. The van der Waals surface area contributed by atoms with Gasteiger partial charge in [-0.15, -0.1) is 11.6 Å². The number of unbranched alkanes of at least 4 members (excludes halogenated alkanes) is 1. The molecule has 228 valence electrons. The summed E-state index contributed by atoms with van der Waals surface area (Å²) in [5.41, 5.74) is -0.304. The fraction of sp³-hybridized carbons (Fsp3) is 0.364. The monoisotopic (exact) mass is 614 g/mol. The van der Waals surface area contributed by atoms with Gasteiger partial charge in [0.15, 0.2) is 0 Å². The van der Waals surface area contributed by atoms with Gasteiger partial charge in [0.05, 0.1) is 24.1 Å². The lowest BCUT2D eigenvalue weighted by Gasteiger charge is -2.52. The fourth-order valence-electron chi connectivity index (χ4n) is 5.33. The lowest BCUT2D eigenvalue weighted by Crippen LogP contribution is -2.68. The molecule has 1 saturated carbocycles. The van der Waals surface area contributed by atoms with Crippen molar-refractivity contribution in [2.75, 3.05) is 12.5 Å². The van der Waals surface area contributed by atoms with Crippen LogP contribution in [0.4, 0.5) is 13.2 Å². The Kier molecular flexibility index (Phi) is 10.5. The van der Waals surface area contributed by atoms with Crippen molar-refractivity contribution in [3.8, 4) is 0 Å². The van der Waals surface area contributed by atoms with Crippen molar-refractivity contribution < 1.29 is 32.3 Å². The fourth-order valence-corrected chi connectivity index (χ4v) is 5.48. The van der Waals surface area contributed by atoms with Gasteiger partial charge in [0, 0.05) is 6.54 Å². The third-order valence-corrected chi connectivity index (χ3v) is 7.99. The van der Waals surface area contributed by atoms with Crippen molar-refractivity contribution in [2.45, 2.75) is 56.9 Å². The normalized spacial score (nSPS) is 18.0. The van der Waals surface area contributed by atoms with Crippen molar-refractivity contribution in [1.29, 1.82) is 0 Å². The number of esters is 1. The number of amides is 2. The molecule has 0 atom stereocenters. The summed E-state index contributed by atoms with van der Waals surface area (Å²) in [4.78, 5) is 41.8. The number of hydrogen-bond acceptors (Lipinski definition) is 4. The van der Waals surface area contributed by atoms with E-state index < -0.39 is 52.9 Å². The first-order valence-electron chi connectivity index (χ1n) is 14.2. The molecule has 0 bridgehead atoms. The van der Waals surface area contributed by atoms with E-state index in [1.807, 2.05) is 67.6 Å². The Morgan fingerprint density at radius 2 is 1.51 bits per heavy atom. The minimum absolute atomic E-state index is 0.0106. The van der Waals surface area contributed by atoms with E-state index in [4.69, 9.17) is 16.3 Å². The van der Waals surface area contributed by atoms with Crippen molar-refractivity contribution >= 4 is 29.4 Å². The zero-order chi connectivity index (χ0) is 31.0. The summed E-state index contributed by atoms with van der Waals surface area (Å²) in [5, 5.41) is 3.10. The van der Waals surface area contributed by atoms with Crippen LogP contribution < -0.4 is 5.32 Å². The summed E-state index contributed by atoms with van der Waals surface area (Å²) in [6.07, 6.45) is -3.00. The third kappa shape index (κ3) is 7.57. The largest absolute Gasteiger partial charge is 0.465 e. The minimum atomic E-state index is -4.52. The summed E-state index contributed by atoms with van der Waals surface area (Å²) in [6, 6.07) is 22.5. The van der Waals surface area contributed by atoms with E-state index >= 15 is 0 Å². The van der Waals surface area contributed by atoms with Crippen LogP contribution in [-0.2, 0) is 31.8 Å². The molecule has 1 N–H and O–H groups in total. The first-order chi connectivity index (χ1) is 20.6. The van der Waals surface area contributed by atoms with Crippen LogP contribution in [-0.4, -0.2) is 40.7 Å². The molecule has 6 nitrogen and oxygen atoms in total. The second kappa shape index (κ2) is 14.1. The van der Waals surface area contributed by atoms with Crippen LogP contribution in [0.2, 0.25) is 0 Å². The number of rotatable bonds is 12. The first kappa shape index (κ1) is 32.1. The molecule has 0 radical (unpaired) electrons. The molecule has 0 aliphatic heterocycles. The highest BCUT2D eigenvalue weighted by Crippen LogP contribution is 2.45. The van der Waals surface area contributed by atoms with Crippen LogP contribution in [0.3, 0.4) is 0 Å². The molecule has 3 aromatic rings. The lowest BCUT2D eigenvalue weighted by molar-refractivity contribution is -0.170. The lowest BCUT2D eigenvalue weighted by atomic mass is 9.66. The second-order valence-corrected chi connectivity index (χ2v) is 11.0. The summed E-state index contributed by atoms with van der Waals surface area (Å²) in [6.45, 7) is 2.06. The summed E-state index contributed by atoms with van der Waals surface area (Å²) >= 11 is 6.01. The van der Waals surface area contributed by atoms with Gasteiger partial charge in [-0.05, 0) is 48.1 Å². The number of alkyl halides is 4. The molecular formula is C33H34ClF3N2O4. The number of benzene rings is 3. The van der Waals surface area contributed by atoms with E-state index in [0.717, 1.165) is 29.7 Å². The molecule has 1 fully saturated rings. The summed E-state index contributed by atoms with van der Waals surface area (Å²) in [5.74, 6) is -2.61. The number of nitrogens with one attached hydrogen (secondary N) is 1. The number of carbonyl (C=O) groups excluding carboxylic acids is 3. The predicted molar refractivity (Wildman–Crippen MR) is 157 cm³/mol. The molecule has 1 aliphatic rings. The molecule has 2 amide bonds. The van der Waals surface area contributed by atoms with Crippen LogP contribution in [0.25, 0.3) is 0 Å². The maximum atomic E-state index is 14.3. The molecule has 0 aromatic heterocycles. The zero-order valence-corrected chi connectivity index (χ0v) is 24.5. The average Bonchev–Trinajstić information content (AvgIpc) is 2.99. The first-order valence-corrected chi connectivity index (χ1v) is 14.7. The highest BCUT2D eigenvalue weighted by Gasteiger charge is 2.58. The van der Waals surface area contributed by atoms with Crippen molar-refractivity contribution in [3.63, 3.8) is 0 Å². The molecule has 43 heavy (non-hydrogen) atoms. The van der Waals surface area contributed by atoms with E-state index in [9.17, 15) is 27.6 Å². The van der Waals surface area contributed by atoms with Crippen molar-refractivity contribution in [2.24, 2.45) is 5.92 Å². The molecule has 4 rings (SSSR count). The molecule has 0 spiro atoms. The van der Waals surface area contributed by atoms with Gasteiger partial charge in [-0.3, -0.25) is 14.4 Å². The van der Waals surface area contributed by atoms with Crippen LogP contribution in [0.5, 0.6) is 0 Å². The number of halogens is 4. The van der Waals surface area contributed by atoms with Gasteiger partial charge in [-0.1, -0.05) is 86.1 Å². The van der Waals surface area contributed by atoms with Gasteiger partial charge >= 0.3 is 12.1 Å². The molecule has 0 unspecified atom stereocenters. The van der Waals surface area contributed by atoms with Crippen molar-refractivity contribution in [3.05, 3.63) is 107 Å². The Bertz CT molecular complexity index is 1340. The Morgan fingerprint density at radius 3 is 2.00 bits per heavy atom. The van der Waals surface area contributed by atoms with Crippen molar-refractivity contribution in [1.82, 2.24) is 10.2 Å². The van der Waals surface area contributed by atoms with E-state index in [2.05, 4.69) is 5.32 Å². The van der Waals surface area contributed by atoms with E-state index in [0.29, 0.717) is 12.0 Å². The van der Waals surface area contributed by atoms with Crippen LogP contribution in [0, 0.1) is 5.92 Å². The number of carbonyl (C=O) groups is 3. The standard InChI is InChI=1S/C33H34ClF3N2O4/c1-2-3-18-43-30(41)26-19-32(20-26,39(28(40)21-34)22-23-14-16-27(17-15-23)33(35,36)37)31(42)38-29(24-10-6-4-7-11-24)25-12-8-5-9-13-25/h4-17,26,29H,2-3,18-22H2,1H3,(H,38,42). The molecule has 0 saturated heterocycles. The predicted octanol–water partition coefficient (Wildman–Crippen LogP) is 6.67. The second-order valence-electron chi connectivity index (χ2n) is 10.7. The smallest absolute Gasteiger partial charge is 0.416 e. The van der Waals surface area contributed by atoms with E-state index in [1.165, 1.54) is 17.0 Å². The van der Waals surface area contributed by atoms with Gasteiger partial charge < -0.3 is 15.0 Å². The number of hydrogen-bond donors (Lipinski definition) is 1. The summed E-state index contributed by atoms with van der Waals surface area (Å²) in [7, 11) is 0. The van der Waals surface area contributed by atoms with E-state index in [1.54, 1.807) is 0 Å². The quantitative estimate of drug-likeness (QED) is 0.140. The van der Waals surface area contributed by atoms with Gasteiger partial charge in [0.2, 0.25) is 11.8 Å². The number of nitrogens with zero attached hydrogens (tertiary/aromatic N) is 1.